The van der Waals surface area contributed by atoms with Crippen molar-refractivity contribution in [1.82, 2.24) is 9.47 Å². The number of hydrogen-bond acceptors (Lipinski definition) is 2. The van der Waals surface area contributed by atoms with E-state index in [0.29, 0.717) is 11.6 Å². The van der Waals surface area contributed by atoms with Crippen LogP contribution < -0.4 is 0 Å². The highest BCUT2D eigenvalue weighted by atomic mass is 16.2. The molecule has 4 heteroatoms. The molecule has 0 radical (unpaired) electrons. The molecule has 0 aromatic carbocycles. The Hall–Kier alpha value is -1.76. The lowest BCUT2D eigenvalue weighted by Gasteiger charge is -2.15. The molecule has 17 heavy (non-hydrogen) atoms. The lowest BCUT2D eigenvalue weighted by Crippen LogP contribution is -2.27. The van der Waals surface area contributed by atoms with Crippen LogP contribution >= 0.6 is 0 Å². The molecule has 1 rings (SSSR count). The maximum absolute atomic E-state index is 12.1. The number of nitrogens with zero attached hydrogens (tertiary/aromatic N) is 3. The highest BCUT2D eigenvalue weighted by Crippen LogP contribution is 2.21. The van der Waals surface area contributed by atoms with Crippen LogP contribution in [0.1, 0.15) is 41.6 Å². The fourth-order valence-electron chi connectivity index (χ4n) is 2.17. The fraction of sp³-hybridized carbons (Fsp3) is 0.538. The number of carbonyl (C=O) groups excluding carboxylic acids is 1. The molecule has 0 spiro atoms. The minimum Gasteiger partial charge on any atom is -0.346 e. The van der Waals surface area contributed by atoms with Gasteiger partial charge in [-0.25, -0.2) is 0 Å². The third-order valence-electron chi connectivity index (χ3n) is 2.89. The lowest BCUT2D eigenvalue weighted by atomic mass is 10.2. The first-order valence-corrected chi connectivity index (χ1v) is 5.71. The van der Waals surface area contributed by atoms with Crippen molar-refractivity contribution in [2.45, 2.75) is 33.7 Å². The van der Waals surface area contributed by atoms with Crippen LogP contribution in [0, 0.1) is 25.2 Å². The molecule has 0 N–H and O–H groups in total. The van der Waals surface area contributed by atoms with Crippen molar-refractivity contribution in [2.75, 3.05) is 13.6 Å². The first-order valence-electron chi connectivity index (χ1n) is 5.71. The number of aryl methyl sites for hydroxylation is 1. The van der Waals surface area contributed by atoms with Crippen LogP contribution in [0.15, 0.2) is 6.07 Å². The van der Waals surface area contributed by atoms with Crippen LogP contribution in [0.25, 0.3) is 0 Å². The van der Waals surface area contributed by atoms with E-state index in [-0.39, 0.29) is 12.5 Å². The molecule has 0 aliphatic heterocycles. The molecule has 92 valence electrons. The quantitative estimate of drug-likeness (QED) is 0.752. The molecule has 0 fully saturated rings. The summed E-state index contributed by atoms with van der Waals surface area (Å²) in [5, 5.41) is 8.60. The Balaban J connectivity index is 3.13. The second-order valence-corrected chi connectivity index (χ2v) is 4.57. The molecule has 0 aliphatic rings. The van der Waals surface area contributed by atoms with Crippen molar-refractivity contribution >= 4 is 5.91 Å². The predicted molar refractivity (Wildman–Crippen MR) is 66.9 cm³/mol. The van der Waals surface area contributed by atoms with Gasteiger partial charge in [0.1, 0.15) is 6.54 Å². The molecular weight excluding hydrogens is 214 g/mol. The van der Waals surface area contributed by atoms with Gasteiger partial charge in [-0.1, -0.05) is 0 Å². The van der Waals surface area contributed by atoms with E-state index in [9.17, 15) is 4.79 Å². The predicted octanol–water partition coefficient (Wildman–Crippen LogP) is 2.28. The van der Waals surface area contributed by atoms with Crippen LogP contribution in [-0.2, 0) is 0 Å². The monoisotopic (exact) mass is 233 g/mol. The van der Waals surface area contributed by atoms with Crippen LogP contribution in [0.2, 0.25) is 0 Å². The van der Waals surface area contributed by atoms with E-state index >= 15 is 0 Å². The van der Waals surface area contributed by atoms with E-state index in [1.54, 1.807) is 7.05 Å². The maximum atomic E-state index is 12.1. The summed E-state index contributed by atoms with van der Waals surface area (Å²) in [6.45, 7) is 8.24. The second-order valence-electron chi connectivity index (χ2n) is 4.57. The van der Waals surface area contributed by atoms with Crippen LogP contribution in [-0.4, -0.2) is 29.0 Å². The van der Waals surface area contributed by atoms with E-state index in [0.717, 1.165) is 11.4 Å². The Labute approximate surface area is 102 Å². The zero-order valence-electron chi connectivity index (χ0n) is 11.1. The Kier molecular flexibility index (Phi) is 3.95. The molecular formula is C13H19N3O. The van der Waals surface area contributed by atoms with Gasteiger partial charge in [-0.15, -0.1) is 0 Å². The number of hydrogen-bond donors (Lipinski definition) is 0. The average Bonchev–Trinajstić information content (AvgIpc) is 2.53. The van der Waals surface area contributed by atoms with Crippen molar-refractivity contribution in [3.8, 4) is 6.07 Å². The number of amides is 1. The smallest absolute Gasteiger partial charge is 0.256 e. The average molecular weight is 233 g/mol. The highest BCUT2D eigenvalue weighted by Gasteiger charge is 2.19. The zero-order valence-corrected chi connectivity index (χ0v) is 11.1. The standard InChI is InChI=1S/C13H19N3O/c1-9(2)16-10(3)8-12(11(16)4)13(17)15(5)7-6-14/h8-9H,7H2,1-5H3. The normalized spacial score (nSPS) is 10.4. The minimum atomic E-state index is -0.0912. The molecule has 1 amide bonds. The molecule has 0 unspecified atom stereocenters. The summed E-state index contributed by atoms with van der Waals surface area (Å²) in [4.78, 5) is 13.5. The second kappa shape index (κ2) is 5.05. The van der Waals surface area contributed by atoms with Crippen LogP contribution in [0.5, 0.6) is 0 Å². The summed E-state index contributed by atoms with van der Waals surface area (Å²) in [6, 6.07) is 4.21. The summed E-state index contributed by atoms with van der Waals surface area (Å²) in [5.41, 5.74) is 2.73. The van der Waals surface area contributed by atoms with Crippen molar-refractivity contribution in [2.24, 2.45) is 0 Å². The van der Waals surface area contributed by atoms with Gasteiger partial charge in [0.05, 0.1) is 11.6 Å². The van der Waals surface area contributed by atoms with Gasteiger partial charge < -0.3 is 9.47 Å². The van der Waals surface area contributed by atoms with Crippen molar-refractivity contribution in [3.05, 3.63) is 23.0 Å². The largest absolute Gasteiger partial charge is 0.346 e. The zero-order chi connectivity index (χ0) is 13.2. The molecule has 0 saturated heterocycles. The molecule has 0 aliphatic carbocycles. The third kappa shape index (κ3) is 2.50. The topological polar surface area (TPSA) is 49.0 Å². The van der Waals surface area contributed by atoms with Gasteiger partial charge in [0.15, 0.2) is 0 Å². The number of carbonyl (C=O) groups is 1. The lowest BCUT2D eigenvalue weighted by molar-refractivity contribution is 0.0811. The first-order chi connectivity index (χ1) is 7.90. The van der Waals surface area contributed by atoms with Crippen LogP contribution in [0.4, 0.5) is 0 Å². The van der Waals surface area contributed by atoms with Gasteiger partial charge in [0, 0.05) is 24.5 Å². The van der Waals surface area contributed by atoms with E-state index in [2.05, 4.69) is 18.4 Å². The van der Waals surface area contributed by atoms with Gasteiger partial charge in [0.2, 0.25) is 0 Å². The Bertz CT molecular complexity index is 466. The molecule has 1 aromatic rings. The molecule has 0 atom stereocenters. The van der Waals surface area contributed by atoms with E-state index in [1.165, 1.54) is 4.90 Å². The Morgan fingerprint density at radius 3 is 2.53 bits per heavy atom. The van der Waals surface area contributed by atoms with Crippen molar-refractivity contribution in [1.29, 1.82) is 5.26 Å². The molecule has 1 heterocycles. The van der Waals surface area contributed by atoms with Gasteiger partial charge in [-0.2, -0.15) is 5.26 Å². The van der Waals surface area contributed by atoms with E-state index in [4.69, 9.17) is 5.26 Å². The summed E-state index contributed by atoms with van der Waals surface area (Å²) in [6.07, 6.45) is 0. The van der Waals surface area contributed by atoms with E-state index in [1.807, 2.05) is 26.0 Å². The Morgan fingerprint density at radius 2 is 2.12 bits per heavy atom. The summed E-state index contributed by atoms with van der Waals surface area (Å²) < 4.78 is 2.13. The fourth-order valence-corrected chi connectivity index (χ4v) is 2.17. The maximum Gasteiger partial charge on any atom is 0.256 e. The van der Waals surface area contributed by atoms with Gasteiger partial charge >= 0.3 is 0 Å². The van der Waals surface area contributed by atoms with E-state index < -0.39 is 0 Å². The first kappa shape index (κ1) is 13.3. The third-order valence-corrected chi connectivity index (χ3v) is 2.89. The van der Waals surface area contributed by atoms with Crippen molar-refractivity contribution < 1.29 is 4.79 Å². The summed E-state index contributed by atoms with van der Waals surface area (Å²) >= 11 is 0. The van der Waals surface area contributed by atoms with Gasteiger partial charge in [-0.05, 0) is 33.8 Å². The molecule has 4 nitrogen and oxygen atoms in total. The summed E-state index contributed by atoms with van der Waals surface area (Å²) in [5.74, 6) is -0.0912. The Morgan fingerprint density at radius 1 is 1.53 bits per heavy atom. The SMILES string of the molecule is Cc1cc(C(=O)N(C)CC#N)c(C)n1C(C)C. The summed E-state index contributed by atoms with van der Waals surface area (Å²) in [7, 11) is 1.65. The van der Waals surface area contributed by atoms with Gasteiger partial charge in [0.25, 0.3) is 5.91 Å². The number of rotatable bonds is 3. The highest BCUT2D eigenvalue weighted by molar-refractivity contribution is 5.95. The van der Waals surface area contributed by atoms with Crippen LogP contribution in [0.3, 0.4) is 0 Å². The van der Waals surface area contributed by atoms with Gasteiger partial charge in [-0.3, -0.25) is 4.79 Å². The van der Waals surface area contributed by atoms with Crippen molar-refractivity contribution in [3.63, 3.8) is 0 Å². The molecule has 1 aromatic heterocycles. The number of nitriles is 1. The minimum absolute atomic E-state index is 0.0912. The molecule has 0 bridgehead atoms. The number of aromatic nitrogens is 1. The molecule has 0 saturated carbocycles.